The van der Waals surface area contributed by atoms with Crippen LogP contribution in [0.5, 0.6) is 0 Å². The molecule has 9 heteroatoms. The molecule has 0 aliphatic carbocycles. The van der Waals surface area contributed by atoms with Crippen molar-refractivity contribution in [3.63, 3.8) is 0 Å². The molecule has 0 aliphatic heterocycles. The maximum absolute atomic E-state index is 13.3. The Morgan fingerprint density at radius 2 is 1.84 bits per heavy atom. The van der Waals surface area contributed by atoms with Crippen molar-refractivity contribution in [1.29, 1.82) is 0 Å². The molecule has 0 atom stereocenters. The topological polar surface area (TPSA) is 77.1 Å². The normalized spacial score (nSPS) is 11.5. The van der Waals surface area contributed by atoms with Gasteiger partial charge in [0.05, 0.1) is 29.8 Å². The summed E-state index contributed by atoms with van der Waals surface area (Å²) in [6, 6.07) is 9.42. The molecule has 0 radical (unpaired) electrons. The number of alkyl halides is 2. The lowest BCUT2D eigenvalue weighted by molar-refractivity contribution is 0.102. The monoisotopic (exact) mass is 424 g/mol. The van der Waals surface area contributed by atoms with Gasteiger partial charge in [-0.3, -0.25) is 9.48 Å². The van der Waals surface area contributed by atoms with Crippen LogP contribution in [-0.4, -0.2) is 30.3 Å². The third-order valence-electron chi connectivity index (χ3n) is 5.17. The molecule has 0 bridgehead atoms. The number of hydrogen-bond acceptors (Lipinski definition) is 4. The van der Waals surface area contributed by atoms with Gasteiger partial charge in [0.15, 0.2) is 5.65 Å². The van der Waals surface area contributed by atoms with Crippen molar-refractivity contribution in [2.24, 2.45) is 0 Å². The van der Waals surface area contributed by atoms with Crippen LogP contribution in [0.25, 0.3) is 5.65 Å². The molecule has 1 amide bonds. The van der Waals surface area contributed by atoms with Gasteiger partial charge < -0.3 is 5.32 Å². The van der Waals surface area contributed by atoms with Crippen LogP contribution in [0.15, 0.2) is 36.5 Å². The van der Waals surface area contributed by atoms with E-state index in [1.54, 1.807) is 6.92 Å². The summed E-state index contributed by atoms with van der Waals surface area (Å²) in [7, 11) is 0. The summed E-state index contributed by atoms with van der Waals surface area (Å²) in [5.41, 5.74) is 4.60. The minimum absolute atomic E-state index is 0.0927. The number of rotatable bonds is 5. The summed E-state index contributed by atoms with van der Waals surface area (Å²) in [6.07, 6.45) is -1.48. The number of fused-ring (bicyclic) bond motifs is 1. The molecule has 0 saturated heterocycles. The van der Waals surface area contributed by atoms with Crippen LogP contribution in [0.1, 0.15) is 50.7 Å². The SMILES string of the molecule is Cc1ccc(Cn2nc(C)c(NC(=O)c3cnn4c(C(F)F)cc(C)nc34)c2C)cc1. The van der Waals surface area contributed by atoms with Gasteiger partial charge in [-0.2, -0.15) is 10.2 Å². The molecule has 31 heavy (non-hydrogen) atoms. The number of aromatic nitrogens is 5. The van der Waals surface area contributed by atoms with E-state index < -0.39 is 12.3 Å². The fourth-order valence-corrected chi connectivity index (χ4v) is 3.51. The van der Waals surface area contributed by atoms with E-state index in [1.165, 1.54) is 17.8 Å². The second-order valence-electron chi connectivity index (χ2n) is 7.56. The number of aryl methyl sites for hydroxylation is 3. The number of carbonyl (C=O) groups excluding carboxylic acids is 1. The Balaban J connectivity index is 1.63. The van der Waals surface area contributed by atoms with Crippen molar-refractivity contribution >= 4 is 17.2 Å². The molecule has 0 aliphatic rings. The quantitative estimate of drug-likeness (QED) is 0.515. The van der Waals surface area contributed by atoms with Gasteiger partial charge in [-0.1, -0.05) is 29.8 Å². The zero-order valence-electron chi connectivity index (χ0n) is 17.6. The molecule has 4 aromatic rings. The highest BCUT2D eigenvalue weighted by atomic mass is 19.3. The molecule has 1 aromatic carbocycles. The standard InChI is InChI=1S/C22H22F2N6O/c1-12-5-7-16(8-6-12)11-29-15(4)19(14(3)28-29)27-22(31)17-10-25-30-18(20(23)24)9-13(2)26-21(17)30/h5-10,20H,11H2,1-4H3,(H,27,31). The van der Waals surface area contributed by atoms with Crippen molar-refractivity contribution in [1.82, 2.24) is 24.4 Å². The maximum Gasteiger partial charge on any atom is 0.280 e. The van der Waals surface area contributed by atoms with E-state index in [1.807, 2.05) is 49.7 Å². The number of hydrogen-bond donors (Lipinski definition) is 1. The highest BCUT2D eigenvalue weighted by molar-refractivity contribution is 6.08. The molecule has 4 rings (SSSR count). The average Bonchev–Trinajstić information content (AvgIpc) is 3.25. The van der Waals surface area contributed by atoms with Gasteiger partial charge in [0.2, 0.25) is 0 Å². The van der Waals surface area contributed by atoms with Crippen molar-refractivity contribution < 1.29 is 13.6 Å². The Labute approximate surface area is 177 Å². The van der Waals surface area contributed by atoms with Crippen LogP contribution >= 0.6 is 0 Å². The molecule has 160 valence electrons. The second kappa shape index (κ2) is 7.90. The predicted octanol–water partition coefficient (Wildman–Crippen LogP) is 4.40. The first-order chi connectivity index (χ1) is 14.7. The largest absolute Gasteiger partial charge is 0.319 e. The van der Waals surface area contributed by atoms with Crippen molar-refractivity contribution in [3.05, 3.63) is 76.0 Å². The Kier molecular flexibility index (Phi) is 5.26. The molecular weight excluding hydrogens is 402 g/mol. The molecule has 1 N–H and O–H groups in total. The van der Waals surface area contributed by atoms with Crippen LogP contribution in [0, 0.1) is 27.7 Å². The van der Waals surface area contributed by atoms with E-state index in [0.717, 1.165) is 15.8 Å². The maximum atomic E-state index is 13.3. The number of nitrogens with one attached hydrogen (secondary N) is 1. The Bertz CT molecular complexity index is 1270. The smallest absolute Gasteiger partial charge is 0.280 e. The zero-order chi connectivity index (χ0) is 22.3. The highest BCUT2D eigenvalue weighted by Gasteiger charge is 2.22. The van der Waals surface area contributed by atoms with Crippen molar-refractivity contribution in [2.45, 2.75) is 40.7 Å². The summed E-state index contributed by atoms with van der Waals surface area (Å²) in [6.45, 7) is 7.88. The molecule has 0 unspecified atom stereocenters. The number of carbonyl (C=O) groups is 1. The molecule has 3 heterocycles. The summed E-state index contributed by atoms with van der Waals surface area (Å²) in [4.78, 5) is 17.2. The first-order valence-corrected chi connectivity index (χ1v) is 9.79. The van der Waals surface area contributed by atoms with Crippen molar-refractivity contribution in [2.75, 3.05) is 5.32 Å². The van der Waals surface area contributed by atoms with Gasteiger partial charge in [0, 0.05) is 5.69 Å². The van der Waals surface area contributed by atoms with E-state index in [0.29, 0.717) is 23.6 Å². The molecule has 3 aromatic heterocycles. The highest BCUT2D eigenvalue weighted by Crippen LogP contribution is 2.24. The summed E-state index contributed by atoms with van der Waals surface area (Å²) < 4.78 is 29.5. The third-order valence-corrected chi connectivity index (χ3v) is 5.17. The summed E-state index contributed by atoms with van der Waals surface area (Å²) >= 11 is 0. The lowest BCUT2D eigenvalue weighted by Gasteiger charge is -2.08. The van der Waals surface area contributed by atoms with Crippen molar-refractivity contribution in [3.8, 4) is 0 Å². The third kappa shape index (κ3) is 3.90. The van der Waals surface area contributed by atoms with E-state index in [9.17, 15) is 13.6 Å². The summed E-state index contributed by atoms with van der Waals surface area (Å²) in [5, 5.41) is 11.3. The number of halogens is 2. The summed E-state index contributed by atoms with van der Waals surface area (Å²) in [5.74, 6) is -0.477. The zero-order valence-corrected chi connectivity index (χ0v) is 17.6. The number of benzene rings is 1. The minimum Gasteiger partial charge on any atom is -0.319 e. The first kappa shape index (κ1) is 20.6. The number of anilines is 1. The lowest BCUT2D eigenvalue weighted by Crippen LogP contribution is -2.14. The van der Waals surface area contributed by atoms with Gasteiger partial charge in [-0.05, 0) is 39.3 Å². The molecule has 0 saturated carbocycles. The Morgan fingerprint density at radius 1 is 1.13 bits per heavy atom. The lowest BCUT2D eigenvalue weighted by atomic mass is 10.1. The van der Waals surface area contributed by atoms with Crippen LogP contribution in [0.3, 0.4) is 0 Å². The molecule has 7 nitrogen and oxygen atoms in total. The van der Waals surface area contributed by atoms with Crippen LogP contribution < -0.4 is 5.32 Å². The van der Waals surface area contributed by atoms with Gasteiger partial charge in [-0.15, -0.1) is 0 Å². The molecule has 0 fully saturated rings. The van der Waals surface area contributed by atoms with Gasteiger partial charge in [-0.25, -0.2) is 18.3 Å². The van der Waals surface area contributed by atoms with E-state index in [-0.39, 0.29) is 16.9 Å². The number of amides is 1. The van der Waals surface area contributed by atoms with E-state index >= 15 is 0 Å². The first-order valence-electron chi connectivity index (χ1n) is 9.79. The van der Waals surface area contributed by atoms with Crippen LogP contribution in [0.4, 0.5) is 14.5 Å². The Hall–Kier alpha value is -3.62. The van der Waals surface area contributed by atoms with Crippen LogP contribution in [-0.2, 0) is 6.54 Å². The second-order valence-corrected chi connectivity index (χ2v) is 7.56. The minimum atomic E-state index is -2.73. The average molecular weight is 424 g/mol. The van der Waals surface area contributed by atoms with Gasteiger partial charge >= 0.3 is 0 Å². The van der Waals surface area contributed by atoms with Gasteiger partial charge in [0.25, 0.3) is 12.3 Å². The fraction of sp³-hybridized carbons (Fsp3) is 0.273. The van der Waals surface area contributed by atoms with E-state index in [4.69, 9.17) is 0 Å². The molecule has 0 spiro atoms. The van der Waals surface area contributed by atoms with Gasteiger partial charge in [0.1, 0.15) is 11.3 Å². The fourth-order valence-electron chi connectivity index (χ4n) is 3.51. The Morgan fingerprint density at radius 3 is 2.52 bits per heavy atom. The predicted molar refractivity (Wildman–Crippen MR) is 113 cm³/mol. The molecular formula is C22H22F2N6O. The van der Waals surface area contributed by atoms with E-state index in [2.05, 4.69) is 20.5 Å². The number of nitrogens with zero attached hydrogens (tertiary/aromatic N) is 5. The van der Waals surface area contributed by atoms with Crippen LogP contribution in [0.2, 0.25) is 0 Å².